The van der Waals surface area contributed by atoms with Crippen LogP contribution in [0.2, 0.25) is 0 Å². The Kier molecular flexibility index (Phi) is 6.82. The van der Waals surface area contributed by atoms with Crippen LogP contribution >= 0.6 is 11.8 Å². The summed E-state index contributed by atoms with van der Waals surface area (Å²) in [6, 6.07) is 17.3. The lowest BCUT2D eigenvalue weighted by atomic mass is 10.1. The predicted octanol–water partition coefficient (Wildman–Crippen LogP) is 4.92. The van der Waals surface area contributed by atoms with Crippen molar-refractivity contribution < 1.29 is 9.59 Å². The highest BCUT2D eigenvalue weighted by molar-refractivity contribution is 7.99. The Balaban J connectivity index is 1.41. The van der Waals surface area contributed by atoms with E-state index in [1.807, 2.05) is 25.1 Å². The van der Waals surface area contributed by atoms with Crippen LogP contribution in [0.3, 0.4) is 0 Å². The molecule has 6 nitrogen and oxygen atoms in total. The summed E-state index contributed by atoms with van der Waals surface area (Å²) in [6.45, 7) is 2.68. The quantitative estimate of drug-likeness (QED) is 0.362. The van der Waals surface area contributed by atoms with Gasteiger partial charge in [0.15, 0.2) is 10.9 Å². The number of hydrogen-bond donors (Lipinski definition) is 1. The number of Topliss-reactive ketones (excluding diaryl/α,β-unsaturated/α-hetero) is 1. The fourth-order valence-electron chi connectivity index (χ4n) is 3.37. The molecular formula is C24H26N4O2S. The Morgan fingerprint density at radius 2 is 1.81 bits per heavy atom. The van der Waals surface area contributed by atoms with Crippen molar-refractivity contribution in [2.45, 2.75) is 50.2 Å². The van der Waals surface area contributed by atoms with Crippen LogP contribution < -0.4 is 5.32 Å². The number of amides is 1. The van der Waals surface area contributed by atoms with Gasteiger partial charge in [0.25, 0.3) is 0 Å². The number of ketones is 1. The maximum Gasteiger partial charge on any atom is 0.224 e. The van der Waals surface area contributed by atoms with Gasteiger partial charge in [-0.05, 0) is 49.1 Å². The maximum atomic E-state index is 12.7. The Morgan fingerprint density at radius 3 is 2.48 bits per heavy atom. The van der Waals surface area contributed by atoms with E-state index in [1.54, 1.807) is 24.3 Å². The summed E-state index contributed by atoms with van der Waals surface area (Å²) in [6.07, 6.45) is 3.59. The molecule has 1 aromatic heterocycles. The molecule has 0 bridgehead atoms. The molecule has 1 amide bonds. The van der Waals surface area contributed by atoms with Crippen molar-refractivity contribution in [2.24, 2.45) is 0 Å². The standard InChI is InChI=1S/C24H26N4O2S/c1-2-6-22(30)25-20-13-11-18(12-14-20)21(29)16-31-24-27-26-23(19-9-10-19)28(24)15-17-7-4-3-5-8-17/h3-5,7-8,11-14,19H,2,6,9-10,15-16H2,1H3,(H,25,30). The molecule has 1 heterocycles. The van der Waals surface area contributed by atoms with Crippen molar-refractivity contribution in [1.29, 1.82) is 0 Å². The van der Waals surface area contributed by atoms with E-state index in [-0.39, 0.29) is 11.7 Å². The molecule has 1 aliphatic carbocycles. The second-order valence-corrected chi connectivity index (χ2v) is 8.72. The van der Waals surface area contributed by atoms with Gasteiger partial charge >= 0.3 is 0 Å². The molecule has 1 fully saturated rings. The average molecular weight is 435 g/mol. The lowest BCUT2D eigenvalue weighted by Gasteiger charge is -2.10. The van der Waals surface area contributed by atoms with Crippen LogP contribution in [-0.2, 0) is 11.3 Å². The van der Waals surface area contributed by atoms with Crippen LogP contribution in [0.5, 0.6) is 0 Å². The minimum atomic E-state index is -0.0126. The van der Waals surface area contributed by atoms with Gasteiger partial charge in [-0.1, -0.05) is 49.0 Å². The molecule has 31 heavy (non-hydrogen) atoms. The number of carbonyl (C=O) groups excluding carboxylic acids is 2. The van der Waals surface area contributed by atoms with E-state index in [9.17, 15) is 9.59 Å². The van der Waals surface area contributed by atoms with Crippen molar-refractivity contribution in [3.63, 3.8) is 0 Å². The number of carbonyl (C=O) groups is 2. The van der Waals surface area contributed by atoms with Crippen molar-refractivity contribution >= 4 is 29.1 Å². The molecule has 0 atom stereocenters. The average Bonchev–Trinajstić information content (AvgIpc) is 3.55. The number of thioether (sulfide) groups is 1. The van der Waals surface area contributed by atoms with Gasteiger partial charge in [0, 0.05) is 23.6 Å². The first-order valence-electron chi connectivity index (χ1n) is 10.7. The van der Waals surface area contributed by atoms with Crippen LogP contribution in [-0.4, -0.2) is 32.2 Å². The smallest absolute Gasteiger partial charge is 0.224 e. The van der Waals surface area contributed by atoms with Gasteiger partial charge in [-0.2, -0.15) is 0 Å². The summed E-state index contributed by atoms with van der Waals surface area (Å²) in [4.78, 5) is 24.4. The Labute approximate surface area is 186 Å². The first-order chi connectivity index (χ1) is 15.1. The monoisotopic (exact) mass is 434 g/mol. The van der Waals surface area contributed by atoms with E-state index in [4.69, 9.17) is 0 Å². The molecule has 0 radical (unpaired) electrons. The van der Waals surface area contributed by atoms with Gasteiger partial charge in [0.05, 0.1) is 12.3 Å². The van der Waals surface area contributed by atoms with Gasteiger partial charge in [-0.3, -0.25) is 9.59 Å². The van der Waals surface area contributed by atoms with Gasteiger partial charge in [0.2, 0.25) is 5.91 Å². The molecule has 1 saturated carbocycles. The fourth-order valence-corrected chi connectivity index (χ4v) is 4.21. The summed E-state index contributed by atoms with van der Waals surface area (Å²) in [5.41, 5.74) is 2.52. The normalized spacial score (nSPS) is 13.2. The third-order valence-corrected chi connectivity index (χ3v) is 6.14. The number of nitrogens with one attached hydrogen (secondary N) is 1. The van der Waals surface area contributed by atoms with Crippen molar-refractivity contribution in [3.05, 3.63) is 71.5 Å². The largest absolute Gasteiger partial charge is 0.326 e. The Bertz CT molecular complexity index is 1040. The van der Waals surface area contributed by atoms with Crippen LogP contribution in [0.25, 0.3) is 0 Å². The molecule has 0 saturated heterocycles. The van der Waals surface area contributed by atoms with Gasteiger partial charge in [-0.25, -0.2) is 0 Å². The summed E-state index contributed by atoms with van der Waals surface area (Å²) >= 11 is 1.43. The second-order valence-electron chi connectivity index (χ2n) is 7.77. The zero-order valence-corrected chi connectivity index (χ0v) is 18.4. The lowest BCUT2D eigenvalue weighted by molar-refractivity contribution is -0.116. The van der Waals surface area contributed by atoms with E-state index in [1.165, 1.54) is 17.3 Å². The molecule has 4 rings (SSSR count). The molecule has 2 aromatic carbocycles. The molecule has 0 spiro atoms. The topological polar surface area (TPSA) is 76.9 Å². The van der Waals surface area contributed by atoms with Crippen molar-refractivity contribution in [2.75, 3.05) is 11.1 Å². The zero-order valence-electron chi connectivity index (χ0n) is 17.6. The Hall–Kier alpha value is -2.93. The molecule has 1 N–H and O–H groups in total. The first kappa shape index (κ1) is 21.3. The van der Waals surface area contributed by atoms with Crippen molar-refractivity contribution in [1.82, 2.24) is 14.8 Å². The van der Waals surface area contributed by atoms with E-state index in [0.717, 1.165) is 30.2 Å². The van der Waals surface area contributed by atoms with Gasteiger partial charge < -0.3 is 9.88 Å². The summed E-state index contributed by atoms with van der Waals surface area (Å²) < 4.78 is 2.15. The highest BCUT2D eigenvalue weighted by atomic mass is 32.2. The first-order valence-corrected chi connectivity index (χ1v) is 11.7. The molecule has 0 aliphatic heterocycles. The number of nitrogens with zero attached hydrogens (tertiary/aromatic N) is 3. The molecule has 1 aliphatic rings. The number of rotatable bonds is 10. The summed E-state index contributed by atoms with van der Waals surface area (Å²) in [5.74, 6) is 1.81. The SMILES string of the molecule is CCCC(=O)Nc1ccc(C(=O)CSc2nnc(C3CC3)n2Cc2ccccc2)cc1. The van der Waals surface area contributed by atoms with Gasteiger partial charge in [-0.15, -0.1) is 10.2 Å². The highest BCUT2D eigenvalue weighted by Gasteiger charge is 2.30. The number of aromatic nitrogens is 3. The van der Waals surface area contributed by atoms with Crippen LogP contribution in [0.4, 0.5) is 5.69 Å². The number of hydrogen-bond acceptors (Lipinski definition) is 5. The lowest BCUT2D eigenvalue weighted by Crippen LogP contribution is -2.11. The second kappa shape index (κ2) is 9.92. The molecule has 7 heteroatoms. The van der Waals surface area contributed by atoms with Crippen LogP contribution in [0.1, 0.15) is 60.3 Å². The molecule has 3 aromatic rings. The van der Waals surface area contributed by atoms with Gasteiger partial charge in [0.1, 0.15) is 5.82 Å². The highest BCUT2D eigenvalue weighted by Crippen LogP contribution is 2.40. The summed E-state index contributed by atoms with van der Waals surface area (Å²) in [5, 5.41) is 12.4. The van der Waals surface area contributed by atoms with Crippen LogP contribution in [0.15, 0.2) is 59.8 Å². The van der Waals surface area contributed by atoms with E-state index in [0.29, 0.717) is 35.9 Å². The molecule has 160 valence electrons. The van der Waals surface area contributed by atoms with Crippen LogP contribution in [0, 0.1) is 0 Å². The number of benzene rings is 2. The third-order valence-electron chi connectivity index (χ3n) is 5.17. The maximum absolute atomic E-state index is 12.7. The van der Waals surface area contributed by atoms with E-state index >= 15 is 0 Å². The zero-order chi connectivity index (χ0) is 21.6. The summed E-state index contributed by atoms with van der Waals surface area (Å²) in [7, 11) is 0. The number of anilines is 1. The predicted molar refractivity (Wildman–Crippen MR) is 123 cm³/mol. The molecular weight excluding hydrogens is 408 g/mol. The fraction of sp³-hybridized carbons (Fsp3) is 0.333. The minimum absolute atomic E-state index is 0.0126. The third kappa shape index (κ3) is 5.61. The molecule has 0 unspecified atom stereocenters. The van der Waals surface area contributed by atoms with E-state index < -0.39 is 0 Å². The Morgan fingerprint density at radius 1 is 1.06 bits per heavy atom. The minimum Gasteiger partial charge on any atom is -0.326 e. The van der Waals surface area contributed by atoms with E-state index in [2.05, 4.69) is 32.2 Å². The van der Waals surface area contributed by atoms with Crippen molar-refractivity contribution in [3.8, 4) is 0 Å².